The average Bonchev–Trinajstić information content (AvgIpc) is 2.34. The molecule has 0 aliphatic carbocycles. The molecule has 0 spiro atoms. The zero-order valence-electron chi connectivity index (χ0n) is 11.7. The van der Waals surface area contributed by atoms with Crippen molar-refractivity contribution in [1.29, 1.82) is 0 Å². The van der Waals surface area contributed by atoms with Crippen molar-refractivity contribution >= 4 is 29.9 Å². The Hall–Kier alpha value is -0.0400. The summed E-state index contributed by atoms with van der Waals surface area (Å²) in [5.74, 6) is 0.731. The van der Waals surface area contributed by atoms with Gasteiger partial charge >= 0.3 is 0 Å². The Bertz CT molecular complexity index is 228. The highest BCUT2D eigenvalue weighted by molar-refractivity contribution is 14.0. The van der Waals surface area contributed by atoms with Gasteiger partial charge in [0.2, 0.25) is 0 Å². The minimum atomic E-state index is 0. The number of rotatable bonds is 6. The van der Waals surface area contributed by atoms with Gasteiger partial charge in [-0.05, 0) is 46.0 Å². The standard InChI is InChI=1S/C13H27N3O.HI/c1-12(2)17-11-7-4-8-15-13(14)16-9-5-3-6-10-16;/h12H,3-11H2,1-2H3,(H2,14,15);1H. The van der Waals surface area contributed by atoms with Crippen LogP contribution in [0.4, 0.5) is 0 Å². The number of halogens is 1. The van der Waals surface area contributed by atoms with Crippen LogP contribution in [0.3, 0.4) is 0 Å². The molecule has 0 radical (unpaired) electrons. The molecular weight excluding hydrogens is 341 g/mol. The van der Waals surface area contributed by atoms with E-state index in [2.05, 4.69) is 23.7 Å². The van der Waals surface area contributed by atoms with Crippen molar-refractivity contribution in [3.05, 3.63) is 0 Å². The summed E-state index contributed by atoms with van der Waals surface area (Å²) in [5.41, 5.74) is 5.96. The normalized spacial score (nSPS) is 16.8. The lowest BCUT2D eigenvalue weighted by molar-refractivity contribution is 0.0763. The Morgan fingerprint density at radius 3 is 2.50 bits per heavy atom. The van der Waals surface area contributed by atoms with Crippen LogP contribution in [0.1, 0.15) is 46.0 Å². The third-order valence-corrected chi connectivity index (χ3v) is 2.96. The van der Waals surface area contributed by atoms with Crippen LogP contribution in [0.2, 0.25) is 0 Å². The van der Waals surface area contributed by atoms with E-state index in [1.165, 1.54) is 19.3 Å². The highest BCUT2D eigenvalue weighted by Crippen LogP contribution is 2.07. The molecule has 0 atom stereocenters. The van der Waals surface area contributed by atoms with Crippen molar-refractivity contribution in [2.45, 2.75) is 52.1 Å². The summed E-state index contributed by atoms with van der Waals surface area (Å²) in [6.07, 6.45) is 6.28. The topological polar surface area (TPSA) is 50.9 Å². The number of ether oxygens (including phenoxy) is 1. The zero-order valence-corrected chi connectivity index (χ0v) is 14.1. The summed E-state index contributed by atoms with van der Waals surface area (Å²) in [4.78, 5) is 6.63. The van der Waals surface area contributed by atoms with E-state index < -0.39 is 0 Å². The van der Waals surface area contributed by atoms with Crippen molar-refractivity contribution < 1.29 is 4.74 Å². The van der Waals surface area contributed by atoms with Crippen molar-refractivity contribution in [2.24, 2.45) is 10.7 Å². The van der Waals surface area contributed by atoms with E-state index in [1.54, 1.807) is 0 Å². The Labute approximate surface area is 128 Å². The number of aliphatic imine (C=N–C) groups is 1. The van der Waals surface area contributed by atoms with Gasteiger partial charge in [-0.15, -0.1) is 24.0 Å². The van der Waals surface area contributed by atoms with E-state index in [0.29, 0.717) is 6.10 Å². The quantitative estimate of drug-likeness (QED) is 0.339. The van der Waals surface area contributed by atoms with Crippen molar-refractivity contribution in [1.82, 2.24) is 4.90 Å². The summed E-state index contributed by atoms with van der Waals surface area (Å²) in [7, 11) is 0. The fourth-order valence-corrected chi connectivity index (χ4v) is 1.95. The van der Waals surface area contributed by atoms with E-state index in [4.69, 9.17) is 10.5 Å². The van der Waals surface area contributed by atoms with E-state index >= 15 is 0 Å². The Morgan fingerprint density at radius 2 is 1.89 bits per heavy atom. The molecule has 0 bridgehead atoms. The van der Waals surface area contributed by atoms with Gasteiger partial charge in [0.05, 0.1) is 6.10 Å². The predicted octanol–water partition coefficient (Wildman–Crippen LogP) is 2.61. The number of nitrogens with two attached hydrogens (primary N) is 1. The van der Waals surface area contributed by atoms with Crippen LogP contribution >= 0.6 is 24.0 Å². The Balaban J connectivity index is 0.00000289. The van der Waals surface area contributed by atoms with Crippen LogP contribution in [0.5, 0.6) is 0 Å². The lowest BCUT2D eigenvalue weighted by Gasteiger charge is -2.27. The molecule has 1 fully saturated rings. The van der Waals surface area contributed by atoms with Crippen LogP contribution in [-0.2, 0) is 4.74 Å². The minimum absolute atomic E-state index is 0. The molecule has 5 heteroatoms. The smallest absolute Gasteiger partial charge is 0.191 e. The summed E-state index contributed by atoms with van der Waals surface area (Å²) in [5, 5.41) is 0. The molecule has 0 aromatic carbocycles. The molecule has 0 aromatic rings. The second-order valence-electron chi connectivity index (χ2n) is 4.91. The molecule has 0 aromatic heterocycles. The van der Waals surface area contributed by atoms with Crippen molar-refractivity contribution in [3.63, 3.8) is 0 Å². The number of piperidine rings is 1. The maximum atomic E-state index is 5.96. The van der Waals surface area contributed by atoms with Crippen LogP contribution in [-0.4, -0.2) is 43.2 Å². The highest BCUT2D eigenvalue weighted by atomic mass is 127. The van der Waals surface area contributed by atoms with Crippen LogP contribution in [0, 0.1) is 0 Å². The lowest BCUT2D eigenvalue weighted by Crippen LogP contribution is -2.40. The van der Waals surface area contributed by atoms with Gasteiger partial charge in [-0.2, -0.15) is 0 Å². The van der Waals surface area contributed by atoms with Gasteiger partial charge in [0.15, 0.2) is 5.96 Å². The molecule has 0 amide bonds. The number of hydrogen-bond donors (Lipinski definition) is 1. The third kappa shape index (κ3) is 8.13. The molecule has 1 aliphatic heterocycles. The monoisotopic (exact) mass is 369 g/mol. The molecule has 2 N–H and O–H groups in total. The largest absolute Gasteiger partial charge is 0.379 e. The van der Waals surface area contributed by atoms with Crippen LogP contribution < -0.4 is 5.73 Å². The van der Waals surface area contributed by atoms with Crippen LogP contribution in [0.15, 0.2) is 4.99 Å². The van der Waals surface area contributed by atoms with Gasteiger partial charge < -0.3 is 15.4 Å². The van der Waals surface area contributed by atoms with Gasteiger partial charge in [0.1, 0.15) is 0 Å². The highest BCUT2D eigenvalue weighted by Gasteiger charge is 2.11. The number of guanidine groups is 1. The number of unbranched alkanes of at least 4 members (excludes halogenated alkanes) is 1. The molecule has 1 heterocycles. The molecule has 18 heavy (non-hydrogen) atoms. The molecule has 1 saturated heterocycles. The third-order valence-electron chi connectivity index (χ3n) is 2.96. The minimum Gasteiger partial charge on any atom is -0.379 e. The molecule has 4 nitrogen and oxygen atoms in total. The van der Waals surface area contributed by atoms with Gasteiger partial charge in [0, 0.05) is 26.2 Å². The second kappa shape index (κ2) is 10.8. The van der Waals surface area contributed by atoms with E-state index in [-0.39, 0.29) is 24.0 Å². The van der Waals surface area contributed by atoms with Gasteiger partial charge in [-0.25, -0.2) is 0 Å². The zero-order chi connectivity index (χ0) is 12.5. The maximum Gasteiger partial charge on any atom is 0.191 e. The summed E-state index contributed by atoms with van der Waals surface area (Å²) >= 11 is 0. The fraction of sp³-hybridized carbons (Fsp3) is 0.923. The van der Waals surface area contributed by atoms with Gasteiger partial charge in [0.25, 0.3) is 0 Å². The Morgan fingerprint density at radius 1 is 1.22 bits per heavy atom. The number of likely N-dealkylation sites (tertiary alicyclic amines) is 1. The molecule has 108 valence electrons. The molecule has 0 unspecified atom stereocenters. The second-order valence-corrected chi connectivity index (χ2v) is 4.91. The maximum absolute atomic E-state index is 5.96. The fourth-order valence-electron chi connectivity index (χ4n) is 1.95. The van der Waals surface area contributed by atoms with Gasteiger partial charge in [-0.3, -0.25) is 4.99 Å². The lowest BCUT2D eigenvalue weighted by atomic mass is 10.1. The SMILES string of the molecule is CC(C)OCCCCN=C(N)N1CCCCC1.I. The first-order valence-corrected chi connectivity index (χ1v) is 6.86. The van der Waals surface area contributed by atoms with Crippen LogP contribution in [0.25, 0.3) is 0 Å². The average molecular weight is 369 g/mol. The summed E-state index contributed by atoms with van der Waals surface area (Å²) < 4.78 is 5.48. The van der Waals surface area contributed by atoms with E-state index in [0.717, 1.165) is 45.0 Å². The molecule has 1 rings (SSSR count). The van der Waals surface area contributed by atoms with Gasteiger partial charge in [-0.1, -0.05) is 0 Å². The van der Waals surface area contributed by atoms with Crippen molar-refractivity contribution in [3.8, 4) is 0 Å². The predicted molar refractivity (Wildman–Crippen MR) is 87.7 cm³/mol. The first-order chi connectivity index (χ1) is 8.20. The first-order valence-electron chi connectivity index (χ1n) is 6.86. The number of nitrogens with zero attached hydrogens (tertiary/aromatic N) is 2. The Kier molecular flexibility index (Phi) is 10.8. The first kappa shape index (κ1) is 18.0. The molecule has 1 aliphatic rings. The van der Waals surface area contributed by atoms with E-state index in [9.17, 15) is 0 Å². The molecular formula is C13H28IN3O. The molecule has 0 saturated carbocycles. The summed E-state index contributed by atoms with van der Waals surface area (Å²) in [6.45, 7) is 7.93. The van der Waals surface area contributed by atoms with Crippen molar-refractivity contribution in [2.75, 3.05) is 26.2 Å². The summed E-state index contributed by atoms with van der Waals surface area (Å²) in [6, 6.07) is 0. The number of hydrogen-bond acceptors (Lipinski definition) is 2. The van der Waals surface area contributed by atoms with E-state index in [1.807, 2.05) is 0 Å².